The van der Waals surface area contributed by atoms with Crippen LogP contribution in [0.4, 0.5) is 13.2 Å². The number of carbonyl (C=O) groups excluding carboxylic acids is 1. The van der Waals surface area contributed by atoms with Gasteiger partial charge in [-0.15, -0.1) is 0 Å². The van der Waals surface area contributed by atoms with E-state index in [0.717, 1.165) is 24.3 Å². The molecule has 3 nitrogen and oxygen atoms in total. The molecule has 0 spiro atoms. The van der Waals surface area contributed by atoms with E-state index in [-0.39, 0.29) is 5.56 Å². The van der Waals surface area contributed by atoms with E-state index in [4.69, 9.17) is 4.74 Å². The lowest BCUT2D eigenvalue weighted by atomic mass is 10.1. The molecule has 1 aromatic rings. The van der Waals surface area contributed by atoms with Crippen molar-refractivity contribution in [2.75, 3.05) is 0 Å². The van der Waals surface area contributed by atoms with Crippen LogP contribution in [0, 0.1) is 0 Å². The van der Waals surface area contributed by atoms with E-state index in [2.05, 4.69) is 0 Å². The Morgan fingerprint density at radius 1 is 1.16 bits per heavy atom. The summed E-state index contributed by atoms with van der Waals surface area (Å²) in [7, 11) is 0. The predicted octanol–water partition coefficient (Wildman–Crippen LogP) is 3.08. The molecule has 1 aromatic carbocycles. The number of carbonyl (C=O) groups is 1. The topological polar surface area (TPSA) is 46.5 Å². The summed E-state index contributed by atoms with van der Waals surface area (Å²) in [5, 5.41) is 9.69. The van der Waals surface area contributed by atoms with Gasteiger partial charge in [-0.2, -0.15) is 13.2 Å². The van der Waals surface area contributed by atoms with Crippen molar-refractivity contribution in [3.05, 3.63) is 35.4 Å². The van der Waals surface area contributed by atoms with E-state index in [9.17, 15) is 23.1 Å². The maximum absolute atomic E-state index is 12.3. The number of aliphatic hydroxyl groups is 1. The Bertz CT molecular complexity index is 444. The van der Waals surface area contributed by atoms with Crippen LogP contribution >= 0.6 is 0 Å². The third-order valence-corrected chi connectivity index (χ3v) is 2.18. The van der Waals surface area contributed by atoms with Gasteiger partial charge in [0, 0.05) is 0 Å². The minimum atomic E-state index is -4.45. The monoisotopic (exact) mass is 276 g/mol. The average Bonchev–Trinajstić information content (AvgIpc) is 2.24. The molecule has 1 atom stereocenters. The van der Waals surface area contributed by atoms with Crippen molar-refractivity contribution in [1.82, 2.24) is 0 Å². The van der Waals surface area contributed by atoms with Crippen LogP contribution in [-0.4, -0.2) is 16.7 Å². The Morgan fingerprint density at radius 3 is 2.00 bits per heavy atom. The molecule has 0 aliphatic rings. The third kappa shape index (κ3) is 4.55. The highest BCUT2D eigenvalue weighted by Crippen LogP contribution is 2.30. The maximum Gasteiger partial charge on any atom is 0.416 e. The summed E-state index contributed by atoms with van der Waals surface area (Å²) < 4.78 is 42.0. The van der Waals surface area contributed by atoms with Crippen molar-refractivity contribution in [1.29, 1.82) is 0 Å². The summed E-state index contributed by atoms with van der Waals surface area (Å²) in [6.45, 7) is 4.89. The Morgan fingerprint density at radius 2 is 1.63 bits per heavy atom. The van der Waals surface area contributed by atoms with Crippen LogP contribution in [0.2, 0.25) is 0 Å². The Balaban J connectivity index is 2.84. The highest BCUT2D eigenvalue weighted by molar-refractivity contribution is 5.76. The number of alkyl halides is 3. The zero-order chi connectivity index (χ0) is 14.8. The first-order chi connectivity index (χ1) is 8.50. The van der Waals surface area contributed by atoms with E-state index < -0.39 is 29.4 Å². The van der Waals surface area contributed by atoms with Crippen LogP contribution in [0.25, 0.3) is 0 Å². The molecule has 0 radical (unpaired) electrons. The third-order valence-electron chi connectivity index (χ3n) is 2.18. The fourth-order valence-electron chi connectivity index (χ4n) is 1.35. The van der Waals surface area contributed by atoms with Gasteiger partial charge in [0.1, 0.15) is 5.60 Å². The summed E-state index contributed by atoms with van der Waals surface area (Å²) in [5.74, 6) is -0.896. The van der Waals surface area contributed by atoms with Gasteiger partial charge in [0.05, 0.1) is 5.56 Å². The number of aliphatic hydroxyl groups excluding tert-OH is 1. The van der Waals surface area contributed by atoms with Gasteiger partial charge in [-0.05, 0) is 38.5 Å². The van der Waals surface area contributed by atoms with E-state index in [1.54, 1.807) is 20.8 Å². The first kappa shape index (κ1) is 15.5. The zero-order valence-electron chi connectivity index (χ0n) is 10.8. The van der Waals surface area contributed by atoms with Gasteiger partial charge in [-0.25, -0.2) is 4.79 Å². The van der Waals surface area contributed by atoms with Crippen molar-refractivity contribution in [3.63, 3.8) is 0 Å². The molecular weight excluding hydrogens is 261 g/mol. The van der Waals surface area contributed by atoms with E-state index in [1.807, 2.05) is 0 Å². The molecule has 0 fully saturated rings. The molecule has 6 heteroatoms. The Labute approximate surface area is 109 Å². The second-order valence-electron chi connectivity index (χ2n) is 5.06. The average molecular weight is 276 g/mol. The highest BCUT2D eigenvalue weighted by atomic mass is 19.4. The van der Waals surface area contributed by atoms with Crippen molar-refractivity contribution in [2.45, 2.75) is 38.7 Å². The quantitative estimate of drug-likeness (QED) is 0.844. The fraction of sp³-hybridized carbons (Fsp3) is 0.462. The largest absolute Gasteiger partial charge is 0.458 e. The van der Waals surface area contributed by atoms with Gasteiger partial charge in [-0.3, -0.25) is 0 Å². The minimum absolute atomic E-state index is 0.0576. The lowest BCUT2D eigenvalue weighted by Crippen LogP contribution is -2.27. The molecule has 19 heavy (non-hydrogen) atoms. The summed E-state index contributed by atoms with van der Waals surface area (Å²) >= 11 is 0. The van der Waals surface area contributed by atoms with E-state index in [1.165, 1.54) is 0 Å². The number of halogens is 3. The van der Waals surface area contributed by atoms with Crippen molar-refractivity contribution >= 4 is 5.97 Å². The standard InChI is InChI=1S/C13H15F3O3/c1-12(2,3)19-11(18)10(17)8-4-6-9(7-5-8)13(14,15)16/h4-7,10,17H,1-3H3. The smallest absolute Gasteiger partial charge is 0.416 e. The number of esters is 1. The van der Waals surface area contributed by atoms with Crippen LogP contribution in [0.1, 0.15) is 38.0 Å². The first-order valence-electron chi connectivity index (χ1n) is 5.59. The van der Waals surface area contributed by atoms with Crippen molar-refractivity contribution in [3.8, 4) is 0 Å². The Kier molecular flexibility index (Phi) is 4.25. The molecule has 1 rings (SSSR count). The number of rotatable bonds is 2. The molecule has 0 saturated heterocycles. The lowest BCUT2D eigenvalue weighted by molar-refractivity contribution is -0.165. The molecule has 0 aliphatic carbocycles. The second-order valence-corrected chi connectivity index (χ2v) is 5.06. The van der Waals surface area contributed by atoms with Gasteiger partial charge in [0.15, 0.2) is 6.10 Å². The van der Waals surface area contributed by atoms with Crippen LogP contribution in [0.5, 0.6) is 0 Å². The van der Waals surface area contributed by atoms with E-state index in [0.29, 0.717) is 0 Å². The molecule has 1 unspecified atom stereocenters. The molecule has 0 bridgehead atoms. The van der Waals surface area contributed by atoms with Gasteiger partial charge >= 0.3 is 12.1 Å². The summed E-state index contributed by atoms with van der Waals surface area (Å²) in [4.78, 5) is 11.5. The fourth-order valence-corrected chi connectivity index (χ4v) is 1.35. The summed E-state index contributed by atoms with van der Waals surface area (Å²) in [6.07, 6.45) is -6.04. The number of hydrogen-bond acceptors (Lipinski definition) is 3. The minimum Gasteiger partial charge on any atom is -0.458 e. The normalized spacial score (nSPS) is 14.1. The Hall–Kier alpha value is -1.56. The molecule has 0 amide bonds. The van der Waals surface area contributed by atoms with Crippen LogP contribution < -0.4 is 0 Å². The predicted molar refractivity (Wildman–Crippen MR) is 62.2 cm³/mol. The first-order valence-corrected chi connectivity index (χ1v) is 5.59. The molecule has 106 valence electrons. The second kappa shape index (κ2) is 5.21. The van der Waals surface area contributed by atoms with Crippen molar-refractivity contribution < 1.29 is 27.8 Å². The van der Waals surface area contributed by atoms with E-state index >= 15 is 0 Å². The van der Waals surface area contributed by atoms with Crippen LogP contribution in [0.15, 0.2) is 24.3 Å². The molecule has 0 saturated carbocycles. The molecular formula is C13H15F3O3. The summed E-state index contributed by atoms with van der Waals surface area (Å²) in [6, 6.07) is 3.72. The molecule has 1 N–H and O–H groups in total. The number of benzene rings is 1. The van der Waals surface area contributed by atoms with Gasteiger partial charge in [0.25, 0.3) is 0 Å². The number of hydrogen-bond donors (Lipinski definition) is 1. The van der Waals surface area contributed by atoms with Crippen LogP contribution in [0.3, 0.4) is 0 Å². The lowest BCUT2D eigenvalue weighted by Gasteiger charge is -2.21. The maximum atomic E-state index is 12.3. The van der Waals surface area contributed by atoms with Crippen molar-refractivity contribution in [2.24, 2.45) is 0 Å². The van der Waals surface area contributed by atoms with Crippen LogP contribution in [-0.2, 0) is 15.7 Å². The van der Waals surface area contributed by atoms with Gasteiger partial charge in [-0.1, -0.05) is 12.1 Å². The van der Waals surface area contributed by atoms with Gasteiger partial charge < -0.3 is 9.84 Å². The van der Waals surface area contributed by atoms with Gasteiger partial charge in [0.2, 0.25) is 0 Å². The molecule has 0 aliphatic heterocycles. The highest BCUT2D eigenvalue weighted by Gasteiger charge is 2.31. The zero-order valence-corrected chi connectivity index (χ0v) is 10.8. The number of ether oxygens (including phenoxy) is 1. The molecule has 0 aromatic heterocycles. The SMILES string of the molecule is CC(C)(C)OC(=O)C(O)c1ccc(C(F)(F)F)cc1. The summed E-state index contributed by atoms with van der Waals surface area (Å²) in [5.41, 5.74) is -1.56. The molecule has 0 heterocycles.